The molecule has 0 unspecified atom stereocenters. The molecule has 1 aromatic carbocycles. The number of hydrogen-bond donors (Lipinski definition) is 1. The normalized spacial score (nSPS) is 10.3. The molecule has 0 fully saturated rings. The number of ketones is 1. The number of rotatable bonds is 7. The van der Waals surface area contributed by atoms with Crippen molar-refractivity contribution in [3.8, 4) is 5.75 Å². The minimum Gasteiger partial charge on any atom is -0.485 e. The zero-order valence-corrected chi connectivity index (χ0v) is 11.1. The van der Waals surface area contributed by atoms with Gasteiger partial charge in [-0.2, -0.15) is 0 Å². The van der Waals surface area contributed by atoms with E-state index >= 15 is 0 Å². The van der Waals surface area contributed by atoms with E-state index in [0.29, 0.717) is 0 Å². The molecule has 1 rings (SSSR count). The van der Waals surface area contributed by atoms with Gasteiger partial charge in [-0.1, -0.05) is 13.3 Å². The van der Waals surface area contributed by atoms with E-state index in [1.165, 1.54) is 7.11 Å². The summed E-state index contributed by atoms with van der Waals surface area (Å²) in [6, 6.07) is 5.69. The molecule has 0 aromatic heterocycles. The summed E-state index contributed by atoms with van der Waals surface area (Å²) in [5.74, 6) is 0.694. The van der Waals surface area contributed by atoms with Crippen LogP contribution in [0.5, 0.6) is 5.75 Å². The Labute approximate surface area is 108 Å². The summed E-state index contributed by atoms with van der Waals surface area (Å²) >= 11 is 4.29. The molecule has 17 heavy (non-hydrogen) atoms. The molecule has 1 aromatic rings. The van der Waals surface area contributed by atoms with E-state index in [1.807, 2.05) is 18.2 Å². The zero-order valence-electron chi connectivity index (χ0n) is 10.2. The summed E-state index contributed by atoms with van der Waals surface area (Å²) in [4.78, 5) is 12.2. The Morgan fingerprint density at radius 3 is 2.76 bits per heavy atom. The molecule has 0 aliphatic heterocycles. The lowest BCUT2D eigenvalue weighted by Gasteiger charge is -2.11. The Morgan fingerprint density at radius 1 is 1.35 bits per heavy atom. The third kappa shape index (κ3) is 4.79. The molecule has 0 spiro atoms. The van der Waals surface area contributed by atoms with Crippen molar-refractivity contribution in [2.24, 2.45) is 0 Å². The molecule has 0 saturated carbocycles. The van der Waals surface area contributed by atoms with Crippen LogP contribution in [0.25, 0.3) is 0 Å². The highest BCUT2D eigenvalue weighted by molar-refractivity contribution is 7.80. The van der Waals surface area contributed by atoms with Crippen LogP contribution in [0, 0.1) is 0 Å². The fourth-order valence-electron chi connectivity index (χ4n) is 1.53. The lowest BCUT2D eigenvalue weighted by molar-refractivity contribution is -0.124. The van der Waals surface area contributed by atoms with Crippen molar-refractivity contribution >= 4 is 18.4 Å². The van der Waals surface area contributed by atoms with Gasteiger partial charge in [-0.25, -0.2) is 0 Å². The van der Waals surface area contributed by atoms with Crippen LogP contribution in [-0.4, -0.2) is 26.1 Å². The van der Waals surface area contributed by atoms with Crippen molar-refractivity contribution in [2.75, 3.05) is 20.3 Å². The van der Waals surface area contributed by atoms with Gasteiger partial charge in [0.15, 0.2) is 5.78 Å². The van der Waals surface area contributed by atoms with E-state index in [4.69, 9.17) is 9.47 Å². The van der Waals surface area contributed by atoms with Crippen LogP contribution in [0.15, 0.2) is 23.1 Å². The van der Waals surface area contributed by atoms with Crippen LogP contribution < -0.4 is 4.74 Å². The number of carbonyl (C=O) groups is 1. The number of hydrogen-bond acceptors (Lipinski definition) is 4. The lowest BCUT2D eigenvalue weighted by atomic mass is 10.1. The van der Waals surface area contributed by atoms with E-state index in [-0.39, 0.29) is 19.0 Å². The molecule has 0 N–H and O–H groups in total. The van der Waals surface area contributed by atoms with E-state index in [1.54, 1.807) is 0 Å². The highest BCUT2D eigenvalue weighted by atomic mass is 32.1. The maximum absolute atomic E-state index is 11.3. The van der Waals surface area contributed by atoms with Gasteiger partial charge in [0.25, 0.3) is 0 Å². The number of aryl methyl sites for hydroxylation is 1. The minimum atomic E-state index is -0.0649. The van der Waals surface area contributed by atoms with Gasteiger partial charge in [-0.3, -0.25) is 4.79 Å². The first-order valence-corrected chi connectivity index (χ1v) is 6.07. The molecule has 0 aliphatic rings. The van der Waals surface area contributed by atoms with E-state index in [9.17, 15) is 4.79 Å². The number of methoxy groups -OCH3 is 1. The first-order chi connectivity index (χ1) is 8.17. The number of thiol groups is 1. The second-order valence-electron chi connectivity index (χ2n) is 3.80. The maximum Gasteiger partial charge on any atom is 0.195 e. The van der Waals surface area contributed by atoms with Crippen LogP contribution in [-0.2, 0) is 16.0 Å². The standard InChI is InChI=1S/C13H18O3S/c1-3-4-10-7-12(17)5-6-13(10)16-9-11(14)8-15-2/h5-7,17H,3-4,8-9H2,1-2H3. The van der Waals surface area contributed by atoms with Crippen molar-refractivity contribution in [2.45, 2.75) is 24.7 Å². The predicted octanol–water partition coefficient (Wildman–Crippen LogP) is 2.52. The highest BCUT2D eigenvalue weighted by Gasteiger charge is 2.07. The summed E-state index contributed by atoms with van der Waals surface area (Å²) in [5, 5.41) is 0. The average molecular weight is 254 g/mol. The molecule has 4 heteroatoms. The molecule has 0 atom stereocenters. The van der Waals surface area contributed by atoms with Gasteiger partial charge in [0.05, 0.1) is 0 Å². The fraction of sp³-hybridized carbons (Fsp3) is 0.462. The third-order valence-corrected chi connectivity index (χ3v) is 2.54. The zero-order chi connectivity index (χ0) is 12.7. The van der Waals surface area contributed by atoms with Crippen molar-refractivity contribution < 1.29 is 14.3 Å². The Balaban J connectivity index is 2.66. The maximum atomic E-state index is 11.3. The summed E-state index contributed by atoms with van der Waals surface area (Å²) in [5.41, 5.74) is 1.09. The van der Waals surface area contributed by atoms with E-state index in [2.05, 4.69) is 19.6 Å². The fourth-order valence-corrected chi connectivity index (χ4v) is 1.76. The number of Topliss-reactive ketones (excluding diaryl/α,β-unsaturated/α-hetero) is 1. The average Bonchev–Trinajstić information content (AvgIpc) is 2.29. The van der Waals surface area contributed by atoms with Crippen LogP contribution in [0.1, 0.15) is 18.9 Å². The van der Waals surface area contributed by atoms with Crippen molar-refractivity contribution in [3.63, 3.8) is 0 Å². The molecule has 3 nitrogen and oxygen atoms in total. The molecular formula is C13H18O3S. The Bertz CT molecular complexity index is 377. The third-order valence-electron chi connectivity index (χ3n) is 2.26. The first-order valence-electron chi connectivity index (χ1n) is 5.62. The largest absolute Gasteiger partial charge is 0.485 e. The molecule has 94 valence electrons. The first kappa shape index (κ1) is 14.1. The van der Waals surface area contributed by atoms with Crippen LogP contribution in [0.4, 0.5) is 0 Å². The minimum absolute atomic E-state index is 0.0521. The smallest absolute Gasteiger partial charge is 0.195 e. The van der Waals surface area contributed by atoms with Crippen molar-refractivity contribution in [3.05, 3.63) is 23.8 Å². The van der Waals surface area contributed by atoms with Gasteiger partial charge in [0.1, 0.15) is 19.0 Å². The van der Waals surface area contributed by atoms with Crippen LogP contribution in [0.3, 0.4) is 0 Å². The predicted molar refractivity (Wildman–Crippen MR) is 70.1 cm³/mol. The SMILES string of the molecule is CCCc1cc(S)ccc1OCC(=O)COC. The Morgan fingerprint density at radius 2 is 2.12 bits per heavy atom. The Hall–Kier alpha value is -1.00. The second kappa shape index (κ2) is 7.35. The van der Waals surface area contributed by atoms with Gasteiger partial charge in [0, 0.05) is 12.0 Å². The molecular weight excluding hydrogens is 236 g/mol. The molecule has 0 bridgehead atoms. The summed E-state index contributed by atoms with van der Waals surface area (Å²) in [6.07, 6.45) is 1.95. The van der Waals surface area contributed by atoms with Gasteiger partial charge in [-0.15, -0.1) is 12.6 Å². The van der Waals surface area contributed by atoms with Gasteiger partial charge >= 0.3 is 0 Å². The summed E-state index contributed by atoms with van der Waals surface area (Å²) in [7, 11) is 1.50. The topological polar surface area (TPSA) is 35.5 Å². The van der Waals surface area contributed by atoms with E-state index < -0.39 is 0 Å². The molecule has 0 saturated heterocycles. The highest BCUT2D eigenvalue weighted by Crippen LogP contribution is 2.23. The quantitative estimate of drug-likeness (QED) is 0.759. The summed E-state index contributed by atoms with van der Waals surface area (Å²) in [6.45, 7) is 2.25. The number of benzene rings is 1. The molecule has 0 heterocycles. The van der Waals surface area contributed by atoms with E-state index in [0.717, 1.165) is 29.1 Å². The van der Waals surface area contributed by atoms with Crippen LogP contribution >= 0.6 is 12.6 Å². The van der Waals surface area contributed by atoms with Crippen LogP contribution in [0.2, 0.25) is 0 Å². The molecule has 0 radical (unpaired) electrons. The van der Waals surface area contributed by atoms with Gasteiger partial charge in [0.2, 0.25) is 0 Å². The van der Waals surface area contributed by atoms with Crippen molar-refractivity contribution in [1.82, 2.24) is 0 Å². The number of ether oxygens (including phenoxy) is 2. The number of carbonyl (C=O) groups excluding carboxylic acids is 1. The second-order valence-corrected chi connectivity index (χ2v) is 4.32. The summed E-state index contributed by atoms with van der Waals surface area (Å²) < 4.78 is 10.2. The monoisotopic (exact) mass is 254 g/mol. The molecule has 0 aliphatic carbocycles. The molecule has 0 amide bonds. The van der Waals surface area contributed by atoms with Crippen molar-refractivity contribution in [1.29, 1.82) is 0 Å². The lowest BCUT2D eigenvalue weighted by Crippen LogP contribution is -2.16. The van der Waals surface area contributed by atoms with Gasteiger partial charge in [-0.05, 0) is 30.2 Å². The Kier molecular flexibility index (Phi) is 6.08. The van der Waals surface area contributed by atoms with Gasteiger partial charge < -0.3 is 9.47 Å².